The van der Waals surface area contributed by atoms with Crippen molar-refractivity contribution in [3.63, 3.8) is 0 Å². The molecule has 0 bridgehead atoms. The van der Waals surface area contributed by atoms with Gasteiger partial charge >= 0.3 is 0 Å². The van der Waals surface area contributed by atoms with E-state index in [-0.39, 0.29) is 0 Å². The van der Waals surface area contributed by atoms with Gasteiger partial charge in [0, 0.05) is 6.54 Å². The van der Waals surface area contributed by atoms with Crippen LogP contribution in [-0.2, 0) is 6.54 Å². The molecule has 1 N–H and O–H groups in total. The summed E-state index contributed by atoms with van der Waals surface area (Å²) in [4.78, 5) is 0. The Bertz CT molecular complexity index is 302. The van der Waals surface area contributed by atoms with E-state index in [4.69, 9.17) is 0 Å². The number of alkyl halides is 1. The van der Waals surface area contributed by atoms with Gasteiger partial charge in [-0.2, -0.15) is 0 Å². The van der Waals surface area contributed by atoms with Crippen molar-refractivity contribution >= 4 is 22.6 Å². The lowest BCUT2D eigenvalue weighted by Crippen LogP contribution is -2.16. The summed E-state index contributed by atoms with van der Waals surface area (Å²) in [5.74, 6) is 0. The minimum absolute atomic E-state index is 1.02. The van der Waals surface area contributed by atoms with Crippen LogP contribution < -0.4 is 5.32 Å². The molecule has 2 heteroatoms. The molecule has 1 nitrogen and oxygen atoms in total. The van der Waals surface area contributed by atoms with Crippen molar-refractivity contribution in [1.82, 2.24) is 5.32 Å². The van der Waals surface area contributed by atoms with Crippen molar-refractivity contribution in [2.24, 2.45) is 0 Å². The second-order valence-electron chi connectivity index (χ2n) is 4.65. The summed E-state index contributed by atoms with van der Waals surface area (Å²) in [5, 5.41) is 3.56. The number of benzene rings is 1. The van der Waals surface area contributed by atoms with E-state index in [0.717, 1.165) is 13.1 Å². The first kappa shape index (κ1) is 15.0. The van der Waals surface area contributed by atoms with Gasteiger partial charge in [0.15, 0.2) is 0 Å². The number of aryl methyl sites for hydroxylation is 2. The Balaban J connectivity index is 2.18. The van der Waals surface area contributed by atoms with Crippen LogP contribution >= 0.6 is 22.6 Å². The molecule has 0 aliphatic heterocycles. The summed E-state index contributed by atoms with van der Waals surface area (Å²) in [6.45, 7) is 6.56. The van der Waals surface area contributed by atoms with E-state index >= 15 is 0 Å². The number of halogens is 1. The molecule has 0 spiro atoms. The molecule has 0 amide bonds. The fourth-order valence-electron chi connectivity index (χ4n) is 2.04. The fourth-order valence-corrected chi connectivity index (χ4v) is 2.58. The first-order valence-corrected chi connectivity index (χ1v) is 8.10. The lowest BCUT2D eigenvalue weighted by molar-refractivity contribution is 0.599. The number of rotatable bonds is 8. The third-order valence-corrected chi connectivity index (χ3v) is 3.95. The minimum atomic E-state index is 1.02. The van der Waals surface area contributed by atoms with Crippen molar-refractivity contribution in [1.29, 1.82) is 0 Å². The molecule has 0 aliphatic rings. The molecular formula is C15H24IN. The Morgan fingerprint density at radius 3 is 2.29 bits per heavy atom. The number of hydrogen-bond donors (Lipinski definition) is 1. The molecule has 1 aromatic rings. The predicted molar refractivity (Wildman–Crippen MR) is 85.0 cm³/mol. The van der Waals surface area contributed by atoms with E-state index < -0.39 is 0 Å². The van der Waals surface area contributed by atoms with Crippen LogP contribution in [0.3, 0.4) is 0 Å². The van der Waals surface area contributed by atoms with Crippen molar-refractivity contribution < 1.29 is 0 Å². The Morgan fingerprint density at radius 1 is 1.00 bits per heavy atom. The standard InChI is InChI=1S/C15H24IN/c1-13-8-7-9-14(2)15(13)12-17-11-6-4-3-5-10-16/h7-9,17H,3-6,10-12H2,1-2H3. The highest BCUT2D eigenvalue weighted by atomic mass is 127. The van der Waals surface area contributed by atoms with E-state index in [0.29, 0.717) is 0 Å². The van der Waals surface area contributed by atoms with Gasteiger partial charge in [-0.1, -0.05) is 53.6 Å². The molecule has 0 atom stereocenters. The zero-order valence-corrected chi connectivity index (χ0v) is 13.2. The Kier molecular flexibility index (Phi) is 7.86. The molecule has 0 aliphatic carbocycles. The normalized spacial score (nSPS) is 10.8. The minimum Gasteiger partial charge on any atom is -0.313 e. The van der Waals surface area contributed by atoms with Crippen LogP contribution in [0, 0.1) is 13.8 Å². The van der Waals surface area contributed by atoms with Crippen LogP contribution in [0.5, 0.6) is 0 Å². The van der Waals surface area contributed by atoms with Crippen molar-refractivity contribution in [2.75, 3.05) is 11.0 Å². The molecular weight excluding hydrogens is 321 g/mol. The number of hydrogen-bond acceptors (Lipinski definition) is 1. The number of nitrogens with one attached hydrogen (secondary N) is 1. The van der Waals surface area contributed by atoms with Crippen LogP contribution in [0.15, 0.2) is 18.2 Å². The van der Waals surface area contributed by atoms with E-state index in [1.807, 2.05) is 0 Å². The SMILES string of the molecule is Cc1cccc(C)c1CNCCCCCCI. The molecule has 0 fully saturated rings. The smallest absolute Gasteiger partial charge is 0.0210 e. The average molecular weight is 345 g/mol. The molecule has 1 rings (SSSR count). The zero-order valence-electron chi connectivity index (χ0n) is 11.1. The molecule has 0 saturated heterocycles. The highest BCUT2D eigenvalue weighted by molar-refractivity contribution is 14.1. The molecule has 96 valence electrons. The average Bonchev–Trinajstić information content (AvgIpc) is 2.31. The van der Waals surface area contributed by atoms with Gasteiger partial charge in [0.05, 0.1) is 0 Å². The van der Waals surface area contributed by atoms with Crippen molar-refractivity contribution in [3.8, 4) is 0 Å². The lowest BCUT2D eigenvalue weighted by Gasteiger charge is -2.10. The van der Waals surface area contributed by atoms with Gasteiger partial charge in [-0.15, -0.1) is 0 Å². The number of unbranched alkanes of at least 4 members (excludes halogenated alkanes) is 3. The molecule has 1 aromatic carbocycles. The fraction of sp³-hybridized carbons (Fsp3) is 0.600. The maximum atomic E-state index is 3.56. The summed E-state index contributed by atoms with van der Waals surface area (Å²) in [7, 11) is 0. The van der Waals surface area contributed by atoms with Crippen LogP contribution in [0.1, 0.15) is 42.4 Å². The monoisotopic (exact) mass is 345 g/mol. The predicted octanol–water partition coefficient (Wildman–Crippen LogP) is 4.39. The molecule has 0 saturated carbocycles. The first-order chi connectivity index (χ1) is 8.25. The molecule has 0 unspecified atom stereocenters. The Morgan fingerprint density at radius 2 is 1.65 bits per heavy atom. The summed E-state index contributed by atoms with van der Waals surface area (Å²) < 4.78 is 1.30. The van der Waals surface area contributed by atoms with Crippen molar-refractivity contribution in [2.45, 2.75) is 46.1 Å². The first-order valence-electron chi connectivity index (χ1n) is 6.57. The molecule has 0 radical (unpaired) electrons. The molecule has 17 heavy (non-hydrogen) atoms. The largest absolute Gasteiger partial charge is 0.313 e. The summed E-state index contributed by atoms with van der Waals surface area (Å²) >= 11 is 2.46. The Hall–Kier alpha value is -0.0900. The van der Waals surface area contributed by atoms with Gasteiger partial charge < -0.3 is 5.32 Å². The zero-order chi connectivity index (χ0) is 12.5. The topological polar surface area (TPSA) is 12.0 Å². The van der Waals surface area contributed by atoms with Crippen LogP contribution in [-0.4, -0.2) is 11.0 Å². The summed E-state index contributed by atoms with van der Waals surface area (Å²) in [6, 6.07) is 6.53. The van der Waals surface area contributed by atoms with E-state index in [1.165, 1.54) is 46.8 Å². The molecule has 0 heterocycles. The van der Waals surface area contributed by atoms with Gasteiger partial charge in [-0.3, -0.25) is 0 Å². The van der Waals surface area contributed by atoms with E-state index in [1.54, 1.807) is 0 Å². The maximum absolute atomic E-state index is 3.56. The van der Waals surface area contributed by atoms with Gasteiger partial charge in [0.2, 0.25) is 0 Å². The van der Waals surface area contributed by atoms with Gasteiger partial charge in [0.1, 0.15) is 0 Å². The third kappa shape index (κ3) is 5.87. The van der Waals surface area contributed by atoms with Gasteiger partial charge in [-0.25, -0.2) is 0 Å². The van der Waals surface area contributed by atoms with Gasteiger partial charge in [0.25, 0.3) is 0 Å². The van der Waals surface area contributed by atoms with Crippen LogP contribution in [0.25, 0.3) is 0 Å². The Labute approximate surface area is 120 Å². The summed E-state index contributed by atoms with van der Waals surface area (Å²) in [5.41, 5.74) is 4.28. The van der Waals surface area contributed by atoms with E-state index in [9.17, 15) is 0 Å². The van der Waals surface area contributed by atoms with Crippen molar-refractivity contribution in [3.05, 3.63) is 34.9 Å². The van der Waals surface area contributed by atoms with Crippen LogP contribution in [0.4, 0.5) is 0 Å². The highest BCUT2D eigenvalue weighted by Gasteiger charge is 2.00. The summed E-state index contributed by atoms with van der Waals surface area (Å²) in [6.07, 6.45) is 5.43. The second kappa shape index (κ2) is 8.92. The second-order valence-corrected chi connectivity index (χ2v) is 5.73. The lowest BCUT2D eigenvalue weighted by atomic mass is 10.0. The van der Waals surface area contributed by atoms with E-state index in [2.05, 4.69) is 60.0 Å². The quantitative estimate of drug-likeness (QED) is 0.419. The van der Waals surface area contributed by atoms with Crippen LogP contribution in [0.2, 0.25) is 0 Å². The maximum Gasteiger partial charge on any atom is 0.0210 e. The third-order valence-electron chi connectivity index (χ3n) is 3.18. The van der Waals surface area contributed by atoms with Gasteiger partial charge in [-0.05, 0) is 54.4 Å². The molecule has 0 aromatic heterocycles. The highest BCUT2D eigenvalue weighted by Crippen LogP contribution is 2.12.